The van der Waals surface area contributed by atoms with Crippen LogP contribution >= 0.6 is 0 Å². The third-order valence-electron chi connectivity index (χ3n) is 5.63. The number of nitrogens with zero attached hydrogens (tertiary/aromatic N) is 2. The smallest absolute Gasteiger partial charge is 0.0336 e. The van der Waals surface area contributed by atoms with Crippen LogP contribution in [0.2, 0.25) is 0 Å². The van der Waals surface area contributed by atoms with Crippen molar-refractivity contribution in [2.45, 2.75) is 57.5 Å². The maximum Gasteiger partial charge on any atom is 0.0336 e. The molecule has 1 aliphatic heterocycles. The highest BCUT2D eigenvalue weighted by atomic mass is 15.2. The van der Waals surface area contributed by atoms with Gasteiger partial charge in [-0.15, -0.1) is 0 Å². The molecule has 2 fully saturated rings. The van der Waals surface area contributed by atoms with Crippen molar-refractivity contribution in [1.82, 2.24) is 9.80 Å². The molecular weight excluding hydrogens is 234 g/mol. The van der Waals surface area contributed by atoms with Crippen LogP contribution in [0.25, 0.3) is 0 Å². The molecule has 1 saturated heterocycles. The molecule has 2 rings (SSSR count). The summed E-state index contributed by atoms with van der Waals surface area (Å²) >= 11 is 0. The highest BCUT2D eigenvalue weighted by Crippen LogP contribution is 2.40. The molecule has 1 aliphatic carbocycles. The van der Waals surface area contributed by atoms with Crippen molar-refractivity contribution in [1.29, 1.82) is 0 Å². The lowest BCUT2D eigenvalue weighted by molar-refractivity contribution is -0.00845. The Balaban J connectivity index is 2.07. The van der Waals surface area contributed by atoms with Gasteiger partial charge >= 0.3 is 0 Å². The predicted octanol–water partition coefficient (Wildman–Crippen LogP) is 2.17. The van der Waals surface area contributed by atoms with Gasteiger partial charge < -0.3 is 10.6 Å². The molecular formula is C16H33N3. The van der Waals surface area contributed by atoms with E-state index in [4.69, 9.17) is 5.73 Å². The van der Waals surface area contributed by atoms with E-state index >= 15 is 0 Å². The van der Waals surface area contributed by atoms with Crippen molar-refractivity contribution in [2.75, 3.05) is 33.7 Å². The maximum absolute atomic E-state index is 6.25. The van der Waals surface area contributed by atoms with Crippen molar-refractivity contribution in [2.24, 2.45) is 17.6 Å². The van der Waals surface area contributed by atoms with Gasteiger partial charge in [0.05, 0.1) is 0 Å². The lowest BCUT2D eigenvalue weighted by atomic mass is 9.70. The zero-order valence-corrected chi connectivity index (χ0v) is 13.4. The van der Waals surface area contributed by atoms with Gasteiger partial charge in [0.15, 0.2) is 0 Å². The molecule has 2 aliphatic rings. The summed E-state index contributed by atoms with van der Waals surface area (Å²) in [6, 6.07) is 0.734. The number of likely N-dealkylation sites (N-methyl/N-ethyl adjacent to an activating group) is 1. The first-order valence-corrected chi connectivity index (χ1v) is 8.08. The van der Waals surface area contributed by atoms with Crippen LogP contribution in [0.4, 0.5) is 0 Å². The summed E-state index contributed by atoms with van der Waals surface area (Å²) in [7, 11) is 4.58. The summed E-state index contributed by atoms with van der Waals surface area (Å²) in [4.78, 5) is 5.12. The van der Waals surface area contributed by atoms with Gasteiger partial charge in [0, 0.05) is 18.1 Å². The largest absolute Gasteiger partial charge is 0.329 e. The zero-order chi connectivity index (χ0) is 14.0. The minimum atomic E-state index is 0.262. The Bertz CT molecular complexity index is 274. The second kappa shape index (κ2) is 6.11. The van der Waals surface area contributed by atoms with Gasteiger partial charge in [-0.25, -0.2) is 0 Å². The summed E-state index contributed by atoms with van der Waals surface area (Å²) in [5, 5.41) is 0. The summed E-state index contributed by atoms with van der Waals surface area (Å²) < 4.78 is 0. The van der Waals surface area contributed by atoms with Gasteiger partial charge in [-0.2, -0.15) is 0 Å². The molecule has 0 aromatic heterocycles. The Kier molecular flexibility index (Phi) is 4.91. The van der Waals surface area contributed by atoms with Gasteiger partial charge in [-0.05, 0) is 71.1 Å². The van der Waals surface area contributed by atoms with E-state index in [1.165, 1.54) is 45.2 Å². The first-order chi connectivity index (χ1) is 8.97. The standard InChI is InChI=1S/C16H33N3/c1-13-9-14(2)11-16(10-13,12-17)19(4)15-5-7-18(3)8-6-15/h13-15H,5-12,17H2,1-4H3. The number of nitrogens with two attached hydrogens (primary N) is 1. The third kappa shape index (κ3) is 3.32. The molecule has 3 heteroatoms. The topological polar surface area (TPSA) is 32.5 Å². The number of piperidine rings is 1. The van der Waals surface area contributed by atoms with Crippen LogP contribution in [0.3, 0.4) is 0 Å². The normalized spacial score (nSPS) is 38.8. The highest BCUT2D eigenvalue weighted by Gasteiger charge is 2.42. The Labute approximate surface area is 119 Å². The molecule has 2 atom stereocenters. The number of likely N-dealkylation sites (tertiary alicyclic amines) is 1. The van der Waals surface area contributed by atoms with Crippen molar-refractivity contribution in [3.8, 4) is 0 Å². The Morgan fingerprint density at radius 1 is 1.16 bits per heavy atom. The maximum atomic E-state index is 6.25. The molecule has 0 aromatic rings. The van der Waals surface area contributed by atoms with E-state index < -0.39 is 0 Å². The van der Waals surface area contributed by atoms with Crippen LogP contribution < -0.4 is 5.73 Å². The Hall–Kier alpha value is -0.120. The molecule has 0 spiro atoms. The van der Waals surface area contributed by atoms with Gasteiger partial charge in [0.1, 0.15) is 0 Å². The van der Waals surface area contributed by atoms with E-state index in [-0.39, 0.29) is 5.54 Å². The van der Waals surface area contributed by atoms with Crippen LogP contribution in [0.1, 0.15) is 46.0 Å². The molecule has 2 N–H and O–H groups in total. The van der Waals surface area contributed by atoms with Gasteiger partial charge in [-0.3, -0.25) is 4.90 Å². The van der Waals surface area contributed by atoms with E-state index in [2.05, 4.69) is 37.7 Å². The highest BCUT2D eigenvalue weighted by molar-refractivity contribution is 4.99. The van der Waals surface area contributed by atoms with Crippen molar-refractivity contribution < 1.29 is 0 Å². The molecule has 2 unspecified atom stereocenters. The Morgan fingerprint density at radius 3 is 2.16 bits per heavy atom. The molecule has 1 saturated carbocycles. The van der Waals surface area contributed by atoms with E-state index in [0.717, 1.165) is 24.4 Å². The van der Waals surface area contributed by atoms with E-state index in [1.807, 2.05) is 0 Å². The van der Waals surface area contributed by atoms with Crippen LogP contribution in [0, 0.1) is 11.8 Å². The number of hydrogen-bond acceptors (Lipinski definition) is 3. The summed E-state index contributed by atoms with van der Waals surface area (Å²) in [6.45, 7) is 8.11. The second-order valence-corrected chi connectivity index (χ2v) is 7.43. The second-order valence-electron chi connectivity index (χ2n) is 7.43. The first kappa shape index (κ1) is 15.3. The van der Waals surface area contributed by atoms with Crippen LogP contribution in [0.15, 0.2) is 0 Å². The van der Waals surface area contributed by atoms with Crippen molar-refractivity contribution >= 4 is 0 Å². The summed E-state index contributed by atoms with van der Waals surface area (Å²) in [6.07, 6.45) is 6.56. The van der Waals surface area contributed by atoms with Crippen LogP contribution in [-0.4, -0.2) is 55.1 Å². The lowest BCUT2D eigenvalue weighted by Crippen LogP contribution is -2.60. The Morgan fingerprint density at radius 2 is 1.68 bits per heavy atom. The average Bonchev–Trinajstić information content (AvgIpc) is 2.37. The summed E-state index contributed by atoms with van der Waals surface area (Å²) in [5.41, 5.74) is 6.51. The fraction of sp³-hybridized carbons (Fsp3) is 1.00. The van der Waals surface area contributed by atoms with Crippen LogP contribution in [0.5, 0.6) is 0 Å². The van der Waals surface area contributed by atoms with E-state index in [1.54, 1.807) is 0 Å². The quantitative estimate of drug-likeness (QED) is 0.850. The minimum Gasteiger partial charge on any atom is -0.329 e. The lowest BCUT2D eigenvalue weighted by Gasteiger charge is -2.52. The molecule has 112 valence electrons. The molecule has 1 heterocycles. The first-order valence-electron chi connectivity index (χ1n) is 8.08. The molecule has 0 bridgehead atoms. The van der Waals surface area contributed by atoms with Gasteiger partial charge in [-0.1, -0.05) is 13.8 Å². The fourth-order valence-corrected chi connectivity index (χ4v) is 4.60. The predicted molar refractivity (Wildman–Crippen MR) is 82.2 cm³/mol. The van der Waals surface area contributed by atoms with Gasteiger partial charge in [0.2, 0.25) is 0 Å². The molecule has 0 aromatic carbocycles. The van der Waals surface area contributed by atoms with E-state index in [0.29, 0.717) is 0 Å². The number of hydrogen-bond donors (Lipinski definition) is 1. The van der Waals surface area contributed by atoms with E-state index in [9.17, 15) is 0 Å². The van der Waals surface area contributed by atoms with Gasteiger partial charge in [0.25, 0.3) is 0 Å². The molecule has 0 radical (unpaired) electrons. The molecule has 19 heavy (non-hydrogen) atoms. The minimum absolute atomic E-state index is 0.262. The number of rotatable bonds is 3. The summed E-state index contributed by atoms with van der Waals surface area (Å²) in [5.74, 6) is 1.64. The zero-order valence-electron chi connectivity index (χ0n) is 13.4. The molecule has 3 nitrogen and oxygen atoms in total. The monoisotopic (exact) mass is 267 g/mol. The fourth-order valence-electron chi connectivity index (χ4n) is 4.60. The SMILES string of the molecule is CC1CC(C)CC(CN)(N(C)C2CCN(C)CC2)C1. The average molecular weight is 267 g/mol. The van der Waals surface area contributed by atoms with Crippen molar-refractivity contribution in [3.05, 3.63) is 0 Å². The van der Waals surface area contributed by atoms with Crippen LogP contribution in [-0.2, 0) is 0 Å². The van der Waals surface area contributed by atoms with Crippen molar-refractivity contribution in [3.63, 3.8) is 0 Å². The third-order valence-corrected chi connectivity index (χ3v) is 5.63. The molecule has 0 amide bonds.